The number of anilines is 1. The molecule has 1 atom stereocenters. The van der Waals surface area contributed by atoms with E-state index in [4.69, 9.17) is 4.42 Å². The molecule has 144 valence electrons. The summed E-state index contributed by atoms with van der Waals surface area (Å²) in [6.45, 7) is 6.32. The zero-order chi connectivity index (χ0) is 18.8. The highest BCUT2D eigenvalue weighted by Gasteiger charge is 2.41. The van der Waals surface area contributed by atoms with Crippen LogP contribution in [0.5, 0.6) is 0 Å². The smallest absolute Gasteiger partial charge is 0.181 e. The van der Waals surface area contributed by atoms with Gasteiger partial charge >= 0.3 is 0 Å². The Kier molecular flexibility index (Phi) is 3.97. The molecule has 1 aromatic heterocycles. The van der Waals surface area contributed by atoms with Gasteiger partial charge in [0, 0.05) is 23.9 Å². The van der Waals surface area contributed by atoms with E-state index < -0.39 is 5.60 Å². The van der Waals surface area contributed by atoms with Gasteiger partial charge < -0.3 is 14.2 Å². The highest BCUT2D eigenvalue weighted by molar-refractivity contribution is 8.00. The van der Waals surface area contributed by atoms with E-state index in [1.807, 2.05) is 13.0 Å². The van der Waals surface area contributed by atoms with E-state index in [0.29, 0.717) is 0 Å². The molecule has 3 aliphatic rings. The van der Waals surface area contributed by atoms with Crippen LogP contribution in [-0.2, 0) is 37.7 Å². The first kappa shape index (κ1) is 17.7. The molecule has 0 amide bonds. The molecule has 1 heterocycles. The molecule has 1 unspecified atom stereocenters. The standard InChI is InChI=1S/C23H29NO2S/c1-22(2)12-19-18(23(3,25)13-22)11-20(26-19)27-24-21-16-8-4-6-14(16)10-15-7-5-9-17(15)21/h10-11,24-25H,4-9,12-13H2,1-3H3. The van der Waals surface area contributed by atoms with Crippen LogP contribution in [0.3, 0.4) is 0 Å². The largest absolute Gasteiger partial charge is 0.453 e. The quantitative estimate of drug-likeness (QED) is 0.682. The number of hydrogen-bond donors (Lipinski definition) is 2. The topological polar surface area (TPSA) is 45.4 Å². The van der Waals surface area contributed by atoms with E-state index >= 15 is 0 Å². The number of furan rings is 1. The minimum Gasteiger partial charge on any atom is -0.453 e. The maximum absolute atomic E-state index is 10.9. The Morgan fingerprint density at radius 2 is 1.67 bits per heavy atom. The van der Waals surface area contributed by atoms with Gasteiger partial charge in [-0.15, -0.1) is 0 Å². The lowest BCUT2D eigenvalue weighted by molar-refractivity contribution is -0.00504. The van der Waals surface area contributed by atoms with Crippen LogP contribution in [0.1, 0.15) is 73.6 Å². The third kappa shape index (κ3) is 3.01. The number of aryl methyl sites for hydroxylation is 2. The molecule has 3 aliphatic carbocycles. The number of rotatable bonds is 3. The maximum atomic E-state index is 10.9. The number of benzene rings is 1. The van der Waals surface area contributed by atoms with Gasteiger partial charge in [-0.05, 0) is 85.6 Å². The highest BCUT2D eigenvalue weighted by Crippen LogP contribution is 2.47. The second kappa shape index (κ2) is 6.05. The summed E-state index contributed by atoms with van der Waals surface area (Å²) in [4.78, 5) is 0. The minimum absolute atomic E-state index is 0.0603. The van der Waals surface area contributed by atoms with E-state index in [9.17, 15) is 5.11 Å². The fourth-order valence-electron chi connectivity index (χ4n) is 5.61. The molecule has 0 spiro atoms. The zero-order valence-corrected chi connectivity index (χ0v) is 17.4. The molecule has 5 rings (SSSR count). The van der Waals surface area contributed by atoms with Crippen LogP contribution < -0.4 is 4.72 Å². The first-order valence-corrected chi connectivity index (χ1v) is 11.1. The number of nitrogens with one attached hydrogen (secondary N) is 1. The van der Waals surface area contributed by atoms with Crippen LogP contribution in [0.4, 0.5) is 5.69 Å². The minimum atomic E-state index is -0.811. The number of aliphatic hydroxyl groups is 1. The third-order valence-electron chi connectivity index (χ3n) is 6.56. The predicted octanol–water partition coefficient (Wildman–Crippen LogP) is 5.56. The van der Waals surface area contributed by atoms with Crippen molar-refractivity contribution in [3.05, 3.63) is 45.7 Å². The van der Waals surface area contributed by atoms with Crippen molar-refractivity contribution < 1.29 is 9.52 Å². The van der Waals surface area contributed by atoms with Gasteiger partial charge in [0.25, 0.3) is 0 Å². The van der Waals surface area contributed by atoms with E-state index in [1.54, 1.807) is 23.1 Å². The second-order valence-corrected chi connectivity index (χ2v) is 10.4. The summed E-state index contributed by atoms with van der Waals surface area (Å²) in [5, 5.41) is 11.8. The van der Waals surface area contributed by atoms with Crippen molar-refractivity contribution in [2.24, 2.45) is 5.41 Å². The number of hydrogen-bond acceptors (Lipinski definition) is 4. The molecule has 3 nitrogen and oxygen atoms in total. The summed E-state index contributed by atoms with van der Waals surface area (Å²) in [6, 6.07) is 4.51. The van der Waals surface area contributed by atoms with Gasteiger partial charge in [0.05, 0.1) is 11.3 Å². The van der Waals surface area contributed by atoms with E-state index in [-0.39, 0.29) is 5.41 Å². The zero-order valence-electron chi connectivity index (χ0n) is 16.6. The van der Waals surface area contributed by atoms with Crippen LogP contribution in [0, 0.1) is 5.41 Å². The lowest BCUT2D eigenvalue weighted by Gasteiger charge is -2.38. The van der Waals surface area contributed by atoms with Gasteiger partial charge in [-0.2, -0.15) is 0 Å². The lowest BCUT2D eigenvalue weighted by atomic mass is 9.70. The highest BCUT2D eigenvalue weighted by atomic mass is 32.2. The predicted molar refractivity (Wildman–Crippen MR) is 110 cm³/mol. The normalized spacial score (nSPS) is 25.2. The molecule has 0 saturated carbocycles. The van der Waals surface area contributed by atoms with Crippen molar-refractivity contribution in [3.63, 3.8) is 0 Å². The Labute approximate surface area is 166 Å². The summed E-state index contributed by atoms with van der Waals surface area (Å²) in [7, 11) is 0. The summed E-state index contributed by atoms with van der Waals surface area (Å²) in [6.07, 6.45) is 8.99. The van der Waals surface area contributed by atoms with Crippen molar-refractivity contribution in [2.75, 3.05) is 4.72 Å². The Bertz CT molecular complexity index is 877. The van der Waals surface area contributed by atoms with E-state index in [1.165, 1.54) is 55.3 Å². The van der Waals surface area contributed by atoms with Crippen LogP contribution in [0.15, 0.2) is 21.6 Å². The lowest BCUT2D eigenvalue weighted by Crippen LogP contribution is -2.35. The summed E-state index contributed by atoms with van der Waals surface area (Å²) in [5.41, 5.74) is 7.70. The molecule has 0 fully saturated rings. The monoisotopic (exact) mass is 383 g/mol. The Morgan fingerprint density at radius 3 is 2.33 bits per heavy atom. The molecule has 1 aromatic carbocycles. The molecule has 4 heteroatoms. The Balaban J connectivity index is 1.44. The summed E-state index contributed by atoms with van der Waals surface area (Å²) < 4.78 is 9.84. The van der Waals surface area contributed by atoms with Gasteiger partial charge in [0.2, 0.25) is 0 Å². The molecule has 27 heavy (non-hydrogen) atoms. The second-order valence-electron chi connectivity index (χ2n) is 9.63. The molecular formula is C23H29NO2S. The van der Waals surface area contributed by atoms with Crippen LogP contribution >= 0.6 is 11.9 Å². The van der Waals surface area contributed by atoms with Crippen LogP contribution in [-0.4, -0.2) is 5.11 Å². The van der Waals surface area contributed by atoms with Crippen molar-refractivity contribution >= 4 is 17.6 Å². The van der Waals surface area contributed by atoms with Gasteiger partial charge in [-0.25, -0.2) is 0 Å². The molecule has 0 bridgehead atoms. The van der Waals surface area contributed by atoms with Gasteiger partial charge in [-0.1, -0.05) is 19.9 Å². The fourth-order valence-corrected chi connectivity index (χ4v) is 6.37. The first-order valence-electron chi connectivity index (χ1n) is 10.3. The SMILES string of the molecule is CC1(C)Cc2oc(SNc3c4c(cc5c3CCC5)CCC4)cc2C(C)(O)C1. The van der Waals surface area contributed by atoms with Gasteiger partial charge in [0.1, 0.15) is 5.76 Å². The van der Waals surface area contributed by atoms with Gasteiger partial charge in [-0.3, -0.25) is 0 Å². The molecule has 2 aromatic rings. The molecule has 0 radical (unpaired) electrons. The van der Waals surface area contributed by atoms with Gasteiger partial charge in [0.15, 0.2) is 5.09 Å². The molecule has 0 aliphatic heterocycles. The van der Waals surface area contributed by atoms with Crippen molar-refractivity contribution in [3.8, 4) is 0 Å². The molecular weight excluding hydrogens is 354 g/mol. The fraction of sp³-hybridized carbons (Fsp3) is 0.565. The third-order valence-corrected chi connectivity index (χ3v) is 7.26. The van der Waals surface area contributed by atoms with Crippen molar-refractivity contribution in [1.29, 1.82) is 0 Å². The van der Waals surface area contributed by atoms with Crippen molar-refractivity contribution in [2.45, 2.75) is 82.8 Å². The Hall–Kier alpha value is -1.39. The molecule has 2 N–H and O–H groups in total. The van der Waals surface area contributed by atoms with Crippen LogP contribution in [0.25, 0.3) is 0 Å². The molecule has 0 saturated heterocycles. The van der Waals surface area contributed by atoms with E-state index in [2.05, 4.69) is 24.6 Å². The Morgan fingerprint density at radius 1 is 1.00 bits per heavy atom. The van der Waals surface area contributed by atoms with E-state index in [0.717, 1.165) is 29.3 Å². The first-order chi connectivity index (χ1) is 12.8. The van der Waals surface area contributed by atoms with Crippen molar-refractivity contribution in [1.82, 2.24) is 0 Å². The average molecular weight is 384 g/mol. The summed E-state index contributed by atoms with van der Waals surface area (Å²) >= 11 is 1.57. The summed E-state index contributed by atoms with van der Waals surface area (Å²) in [5.74, 6) is 0.948. The maximum Gasteiger partial charge on any atom is 0.181 e. The van der Waals surface area contributed by atoms with Crippen LogP contribution in [0.2, 0.25) is 0 Å². The average Bonchev–Trinajstić information content (AvgIpc) is 3.27. The number of fused-ring (bicyclic) bond motifs is 3.